The minimum absolute atomic E-state index is 0.0556. The molecule has 0 aliphatic carbocycles. The fourth-order valence-electron chi connectivity index (χ4n) is 1.37. The standard InChI is InChI=1S/C9H15NO2/c1-6(2)3-4-7-5-8(11)10-9(7)12/h6-7H,3-5H2,1-2H3,(H,10,11,12). The van der Waals surface area contributed by atoms with Gasteiger partial charge in [-0.1, -0.05) is 20.3 Å². The van der Waals surface area contributed by atoms with E-state index in [-0.39, 0.29) is 17.7 Å². The van der Waals surface area contributed by atoms with Crippen molar-refractivity contribution in [3.63, 3.8) is 0 Å². The normalized spacial score (nSPS) is 23.4. The molecule has 3 nitrogen and oxygen atoms in total. The van der Waals surface area contributed by atoms with Crippen LogP contribution >= 0.6 is 0 Å². The van der Waals surface area contributed by atoms with Crippen molar-refractivity contribution in [1.29, 1.82) is 0 Å². The highest BCUT2D eigenvalue weighted by Gasteiger charge is 2.29. The lowest BCUT2D eigenvalue weighted by atomic mass is 9.97. The minimum Gasteiger partial charge on any atom is -0.296 e. The molecule has 1 saturated heterocycles. The second-order valence-electron chi connectivity index (χ2n) is 3.78. The monoisotopic (exact) mass is 169 g/mol. The van der Waals surface area contributed by atoms with E-state index >= 15 is 0 Å². The molecule has 1 aliphatic heterocycles. The van der Waals surface area contributed by atoms with E-state index in [1.54, 1.807) is 0 Å². The fourth-order valence-corrected chi connectivity index (χ4v) is 1.37. The summed E-state index contributed by atoms with van der Waals surface area (Å²) in [6.07, 6.45) is 2.26. The molecule has 1 N–H and O–H groups in total. The number of imide groups is 1. The molecule has 0 saturated carbocycles. The summed E-state index contributed by atoms with van der Waals surface area (Å²) in [6, 6.07) is 0. The molecule has 0 spiro atoms. The maximum absolute atomic E-state index is 11.1. The van der Waals surface area contributed by atoms with Crippen LogP contribution in [0.2, 0.25) is 0 Å². The molecule has 1 fully saturated rings. The first-order valence-electron chi connectivity index (χ1n) is 4.43. The quantitative estimate of drug-likeness (QED) is 0.643. The molecule has 1 rings (SSSR count). The number of hydrogen-bond acceptors (Lipinski definition) is 2. The van der Waals surface area contributed by atoms with Gasteiger partial charge in [0.2, 0.25) is 11.8 Å². The smallest absolute Gasteiger partial charge is 0.230 e. The van der Waals surface area contributed by atoms with E-state index in [0.29, 0.717) is 12.3 Å². The van der Waals surface area contributed by atoms with Gasteiger partial charge in [-0.3, -0.25) is 14.9 Å². The third-order valence-corrected chi connectivity index (χ3v) is 2.16. The average molecular weight is 169 g/mol. The second kappa shape index (κ2) is 3.70. The van der Waals surface area contributed by atoms with E-state index in [4.69, 9.17) is 0 Å². The number of amides is 2. The first kappa shape index (κ1) is 9.23. The summed E-state index contributed by atoms with van der Waals surface area (Å²) in [5, 5.41) is 2.31. The Hall–Kier alpha value is -0.860. The van der Waals surface area contributed by atoms with Gasteiger partial charge in [0, 0.05) is 12.3 Å². The largest absolute Gasteiger partial charge is 0.296 e. The minimum atomic E-state index is -0.117. The van der Waals surface area contributed by atoms with Crippen LogP contribution in [0, 0.1) is 11.8 Å². The van der Waals surface area contributed by atoms with Crippen LogP contribution in [0.1, 0.15) is 33.1 Å². The van der Waals surface area contributed by atoms with E-state index < -0.39 is 0 Å². The summed E-state index contributed by atoms with van der Waals surface area (Å²) in [5.41, 5.74) is 0. The number of carbonyl (C=O) groups is 2. The van der Waals surface area contributed by atoms with Crippen molar-refractivity contribution in [2.75, 3.05) is 0 Å². The van der Waals surface area contributed by atoms with Crippen LogP contribution in [0.4, 0.5) is 0 Å². The second-order valence-corrected chi connectivity index (χ2v) is 3.78. The van der Waals surface area contributed by atoms with Crippen molar-refractivity contribution in [3.8, 4) is 0 Å². The Morgan fingerprint density at radius 1 is 1.50 bits per heavy atom. The molecule has 1 aliphatic rings. The van der Waals surface area contributed by atoms with E-state index in [1.165, 1.54) is 0 Å². The Morgan fingerprint density at radius 3 is 2.58 bits per heavy atom. The van der Waals surface area contributed by atoms with Crippen LogP contribution in [-0.2, 0) is 9.59 Å². The van der Waals surface area contributed by atoms with E-state index in [2.05, 4.69) is 19.2 Å². The Morgan fingerprint density at radius 2 is 2.17 bits per heavy atom. The van der Waals surface area contributed by atoms with E-state index in [9.17, 15) is 9.59 Å². The zero-order valence-corrected chi connectivity index (χ0v) is 7.59. The van der Waals surface area contributed by atoms with Gasteiger partial charge in [-0.2, -0.15) is 0 Å². The van der Waals surface area contributed by atoms with Gasteiger partial charge in [-0.15, -0.1) is 0 Å². The Balaban J connectivity index is 2.33. The molecule has 68 valence electrons. The first-order chi connectivity index (χ1) is 5.59. The lowest BCUT2D eigenvalue weighted by molar-refractivity contribution is -0.125. The summed E-state index contributed by atoms with van der Waals surface area (Å²) < 4.78 is 0. The van der Waals surface area contributed by atoms with Gasteiger partial charge in [0.1, 0.15) is 0 Å². The lowest BCUT2D eigenvalue weighted by Crippen LogP contribution is -2.22. The van der Waals surface area contributed by atoms with Crippen molar-refractivity contribution in [2.45, 2.75) is 33.1 Å². The summed E-state index contributed by atoms with van der Waals surface area (Å²) in [5.74, 6) is 0.350. The van der Waals surface area contributed by atoms with Gasteiger partial charge < -0.3 is 0 Å². The highest BCUT2D eigenvalue weighted by atomic mass is 16.2. The molecule has 0 aromatic rings. The van der Waals surface area contributed by atoms with Crippen LogP contribution in [0.15, 0.2) is 0 Å². The molecule has 1 atom stereocenters. The molecule has 0 bridgehead atoms. The zero-order valence-electron chi connectivity index (χ0n) is 7.59. The Labute approximate surface area is 72.5 Å². The number of nitrogens with one attached hydrogen (secondary N) is 1. The van der Waals surface area contributed by atoms with Crippen LogP contribution in [0.25, 0.3) is 0 Å². The Bertz CT molecular complexity index is 199. The van der Waals surface area contributed by atoms with Crippen molar-refractivity contribution in [2.24, 2.45) is 11.8 Å². The van der Waals surface area contributed by atoms with E-state index in [0.717, 1.165) is 12.8 Å². The number of hydrogen-bond donors (Lipinski definition) is 1. The van der Waals surface area contributed by atoms with Gasteiger partial charge in [0.25, 0.3) is 0 Å². The van der Waals surface area contributed by atoms with Gasteiger partial charge in [-0.05, 0) is 12.3 Å². The molecule has 0 radical (unpaired) electrons. The van der Waals surface area contributed by atoms with Crippen LogP contribution in [0.5, 0.6) is 0 Å². The lowest BCUT2D eigenvalue weighted by Gasteiger charge is -2.07. The topological polar surface area (TPSA) is 46.2 Å². The number of rotatable bonds is 3. The van der Waals surface area contributed by atoms with Crippen molar-refractivity contribution >= 4 is 11.8 Å². The highest BCUT2D eigenvalue weighted by molar-refractivity contribution is 6.03. The van der Waals surface area contributed by atoms with Gasteiger partial charge in [-0.25, -0.2) is 0 Å². The Kier molecular flexibility index (Phi) is 2.84. The predicted molar refractivity (Wildman–Crippen MR) is 45.3 cm³/mol. The van der Waals surface area contributed by atoms with Crippen molar-refractivity contribution in [3.05, 3.63) is 0 Å². The van der Waals surface area contributed by atoms with Crippen LogP contribution in [0.3, 0.4) is 0 Å². The zero-order chi connectivity index (χ0) is 9.14. The molecule has 2 amide bonds. The molecule has 1 unspecified atom stereocenters. The van der Waals surface area contributed by atoms with Crippen LogP contribution in [-0.4, -0.2) is 11.8 Å². The van der Waals surface area contributed by atoms with Crippen LogP contribution < -0.4 is 5.32 Å². The summed E-state index contributed by atoms with van der Waals surface area (Å²) in [7, 11) is 0. The average Bonchev–Trinajstić information content (AvgIpc) is 2.26. The maximum Gasteiger partial charge on any atom is 0.230 e. The third kappa shape index (κ3) is 2.32. The summed E-state index contributed by atoms with van der Waals surface area (Å²) >= 11 is 0. The first-order valence-corrected chi connectivity index (χ1v) is 4.43. The maximum atomic E-state index is 11.1. The van der Waals surface area contributed by atoms with Gasteiger partial charge in [0.15, 0.2) is 0 Å². The van der Waals surface area contributed by atoms with Crippen molar-refractivity contribution in [1.82, 2.24) is 5.32 Å². The molecule has 3 heteroatoms. The van der Waals surface area contributed by atoms with E-state index in [1.807, 2.05) is 0 Å². The summed E-state index contributed by atoms with van der Waals surface area (Å²) in [6.45, 7) is 4.24. The van der Waals surface area contributed by atoms with Crippen molar-refractivity contribution < 1.29 is 9.59 Å². The predicted octanol–water partition coefficient (Wildman–Crippen LogP) is 1.09. The fraction of sp³-hybridized carbons (Fsp3) is 0.778. The molecular formula is C9H15NO2. The van der Waals surface area contributed by atoms with Gasteiger partial charge >= 0.3 is 0 Å². The molecular weight excluding hydrogens is 154 g/mol. The highest BCUT2D eigenvalue weighted by Crippen LogP contribution is 2.19. The molecule has 0 aromatic carbocycles. The third-order valence-electron chi connectivity index (χ3n) is 2.16. The molecule has 0 aromatic heterocycles. The number of carbonyl (C=O) groups excluding carboxylic acids is 2. The SMILES string of the molecule is CC(C)CCC1CC(=O)NC1=O. The molecule has 1 heterocycles. The summed E-state index contributed by atoms with van der Waals surface area (Å²) in [4.78, 5) is 21.8. The van der Waals surface area contributed by atoms with Gasteiger partial charge in [0.05, 0.1) is 0 Å². The molecule has 12 heavy (non-hydrogen) atoms.